The maximum atomic E-state index is 13.3. The number of ketones is 1. The summed E-state index contributed by atoms with van der Waals surface area (Å²) in [5.41, 5.74) is -4.98. The molecular weight excluding hydrogens is 464 g/mol. The lowest BCUT2D eigenvalue weighted by Gasteiger charge is -2.60. The van der Waals surface area contributed by atoms with E-state index in [9.17, 15) is 40.5 Å². The molecule has 7 N–H and O–H groups in total. The molecule has 0 saturated heterocycles. The number of carbonyl (C=O) groups excluding carboxylic acids is 1. The predicted octanol–water partition coefficient (Wildman–Crippen LogP) is 1.07. The Morgan fingerprint density at radius 1 is 1.08 bits per heavy atom. The third kappa shape index (κ3) is 3.86. The van der Waals surface area contributed by atoms with Gasteiger partial charge >= 0.3 is 0 Å². The van der Waals surface area contributed by atoms with Crippen LogP contribution in [0.15, 0.2) is 11.6 Å². The Hall–Kier alpha value is -0.870. The molecule has 0 radical (unpaired) electrons. The summed E-state index contributed by atoms with van der Waals surface area (Å²) in [4.78, 5) is 13.3. The van der Waals surface area contributed by atoms with Crippen molar-refractivity contribution in [1.82, 2.24) is 0 Å². The monoisotopic (exact) mass is 510 g/mol. The first-order valence-corrected chi connectivity index (χ1v) is 13.5. The van der Waals surface area contributed by atoms with E-state index >= 15 is 0 Å². The molecule has 4 aliphatic rings. The van der Waals surface area contributed by atoms with Gasteiger partial charge in [-0.25, -0.2) is 0 Å². The topological polar surface area (TPSA) is 159 Å². The summed E-state index contributed by atoms with van der Waals surface area (Å²) < 4.78 is 0. The van der Waals surface area contributed by atoms with E-state index in [4.69, 9.17) is 0 Å². The molecule has 206 valence electrons. The van der Waals surface area contributed by atoms with E-state index < -0.39 is 70.3 Å². The molecule has 4 rings (SSSR count). The highest BCUT2D eigenvalue weighted by Crippen LogP contribution is 2.68. The van der Waals surface area contributed by atoms with Gasteiger partial charge in [0, 0.05) is 11.3 Å². The van der Waals surface area contributed by atoms with Crippen LogP contribution in [0.4, 0.5) is 0 Å². The van der Waals surface area contributed by atoms with E-state index in [2.05, 4.69) is 0 Å². The molecule has 36 heavy (non-hydrogen) atoms. The molecule has 0 spiro atoms. The van der Waals surface area contributed by atoms with Crippen LogP contribution in [-0.4, -0.2) is 83.3 Å². The smallest absolute Gasteiger partial charge is 0.159 e. The van der Waals surface area contributed by atoms with Gasteiger partial charge in [0.25, 0.3) is 0 Å². The Labute approximate surface area is 214 Å². The number of fused-ring (bicyclic) bond motifs is 5. The van der Waals surface area contributed by atoms with Gasteiger partial charge in [0.05, 0.1) is 41.7 Å². The van der Waals surface area contributed by atoms with Crippen LogP contribution in [0, 0.1) is 34.5 Å². The summed E-state index contributed by atoms with van der Waals surface area (Å²) in [5.74, 6) is -1.58. The van der Waals surface area contributed by atoms with Crippen LogP contribution in [0.5, 0.6) is 0 Å². The predicted molar refractivity (Wildman–Crippen MR) is 133 cm³/mol. The maximum Gasteiger partial charge on any atom is 0.159 e. The standard InChI is InChI=1S/C28H46O8/c1-15(26(4,34)14-29)10-23(33)27(5,35)22-7-9-28(36)17-11-19(30)18-12-20(31)21(32)13-24(18,2)16(17)6-8-25(22,28)3/h11,15-16,18,20-23,29,31-36H,6-10,12-14H2,1-5H3/t15-,16-,18-,20-,21+,22-,23-,24-,25-,26-,27-,28-/m1/s1. The largest absolute Gasteiger partial charge is 0.393 e. The van der Waals surface area contributed by atoms with Crippen molar-refractivity contribution >= 4 is 5.78 Å². The molecule has 8 nitrogen and oxygen atoms in total. The molecular formula is C28H46O8. The highest BCUT2D eigenvalue weighted by molar-refractivity contribution is 5.95. The zero-order valence-electron chi connectivity index (χ0n) is 22.3. The fraction of sp³-hybridized carbons (Fsp3) is 0.893. The number of hydrogen-bond acceptors (Lipinski definition) is 8. The Morgan fingerprint density at radius 2 is 1.72 bits per heavy atom. The number of hydrogen-bond donors (Lipinski definition) is 7. The van der Waals surface area contributed by atoms with Crippen LogP contribution in [0.1, 0.15) is 79.6 Å². The minimum atomic E-state index is -1.57. The molecule has 0 aromatic carbocycles. The van der Waals surface area contributed by atoms with Gasteiger partial charge in [-0.05, 0) is 93.6 Å². The lowest BCUT2D eigenvalue weighted by atomic mass is 9.45. The van der Waals surface area contributed by atoms with Crippen LogP contribution in [0.3, 0.4) is 0 Å². The summed E-state index contributed by atoms with van der Waals surface area (Å²) in [6, 6.07) is 0. The van der Waals surface area contributed by atoms with Gasteiger partial charge in [-0.1, -0.05) is 20.8 Å². The maximum absolute atomic E-state index is 13.3. The molecule has 0 amide bonds. The van der Waals surface area contributed by atoms with Crippen molar-refractivity contribution in [3.63, 3.8) is 0 Å². The SMILES string of the molecule is C[C@H](C[C@@H](O)[C@](C)(O)[C@@H]1CC[C@@]2(O)C3=CC(=O)[C@H]4C[C@@H](O)[C@@H](O)C[C@]4(C)[C@@H]3CC[C@]12C)[C@](C)(O)CO. The normalized spacial score (nSPS) is 47.5. The molecule has 0 aliphatic heterocycles. The van der Waals surface area contributed by atoms with Crippen molar-refractivity contribution in [3.8, 4) is 0 Å². The molecule has 3 fully saturated rings. The van der Waals surface area contributed by atoms with Crippen LogP contribution in [0.25, 0.3) is 0 Å². The van der Waals surface area contributed by atoms with E-state index in [0.29, 0.717) is 37.7 Å². The lowest BCUT2D eigenvalue weighted by molar-refractivity contribution is -0.180. The zero-order chi connectivity index (χ0) is 27.1. The Morgan fingerprint density at radius 3 is 2.33 bits per heavy atom. The van der Waals surface area contributed by atoms with Crippen molar-refractivity contribution in [2.24, 2.45) is 34.5 Å². The third-order valence-electron chi connectivity index (χ3n) is 11.5. The van der Waals surface area contributed by atoms with Gasteiger partial charge < -0.3 is 35.7 Å². The van der Waals surface area contributed by atoms with Crippen molar-refractivity contribution < 1.29 is 40.5 Å². The third-order valence-corrected chi connectivity index (χ3v) is 11.5. The number of carbonyl (C=O) groups is 1. The number of allylic oxidation sites excluding steroid dienone is 1. The van der Waals surface area contributed by atoms with Gasteiger partial charge in [0.1, 0.15) is 0 Å². The van der Waals surface area contributed by atoms with E-state index in [1.807, 2.05) is 13.8 Å². The van der Waals surface area contributed by atoms with Crippen LogP contribution in [-0.2, 0) is 4.79 Å². The number of aliphatic hydroxyl groups is 7. The second-order valence-corrected chi connectivity index (χ2v) is 13.5. The molecule has 0 aromatic rings. The van der Waals surface area contributed by atoms with Crippen molar-refractivity contribution in [3.05, 3.63) is 11.6 Å². The average molecular weight is 511 g/mol. The lowest BCUT2D eigenvalue weighted by Crippen LogP contribution is -2.63. The Bertz CT molecular complexity index is 913. The molecule has 3 saturated carbocycles. The molecule has 0 heterocycles. The fourth-order valence-electron chi connectivity index (χ4n) is 8.52. The average Bonchev–Trinajstić information content (AvgIpc) is 3.07. The van der Waals surface area contributed by atoms with Crippen LogP contribution >= 0.6 is 0 Å². The van der Waals surface area contributed by atoms with Gasteiger partial charge in [0.2, 0.25) is 0 Å². The van der Waals surface area contributed by atoms with Gasteiger partial charge in [0.15, 0.2) is 5.78 Å². The quantitative estimate of drug-likeness (QED) is 0.280. The first-order chi connectivity index (χ1) is 16.5. The highest BCUT2D eigenvalue weighted by Gasteiger charge is 2.69. The van der Waals surface area contributed by atoms with E-state index in [1.165, 1.54) is 6.92 Å². The van der Waals surface area contributed by atoms with Crippen LogP contribution < -0.4 is 0 Å². The molecule has 0 bridgehead atoms. The second kappa shape index (κ2) is 8.83. The molecule has 12 atom stereocenters. The van der Waals surface area contributed by atoms with Gasteiger partial charge in [-0.2, -0.15) is 0 Å². The van der Waals surface area contributed by atoms with E-state index in [1.54, 1.807) is 19.9 Å². The fourth-order valence-corrected chi connectivity index (χ4v) is 8.52. The molecule has 8 heteroatoms. The van der Waals surface area contributed by atoms with Crippen LogP contribution in [0.2, 0.25) is 0 Å². The summed E-state index contributed by atoms with van der Waals surface area (Å²) >= 11 is 0. The van der Waals surface area contributed by atoms with E-state index in [-0.39, 0.29) is 24.5 Å². The van der Waals surface area contributed by atoms with Gasteiger partial charge in [-0.15, -0.1) is 0 Å². The van der Waals surface area contributed by atoms with Crippen molar-refractivity contribution in [2.45, 2.75) is 115 Å². The zero-order valence-corrected chi connectivity index (χ0v) is 22.3. The number of aliphatic hydroxyl groups excluding tert-OH is 4. The summed E-state index contributed by atoms with van der Waals surface area (Å²) in [6.45, 7) is 8.28. The highest BCUT2D eigenvalue weighted by atomic mass is 16.3. The second-order valence-electron chi connectivity index (χ2n) is 13.5. The molecule has 4 aliphatic carbocycles. The first-order valence-electron chi connectivity index (χ1n) is 13.5. The summed E-state index contributed by atoms with van der Waals surface area (Å²) in [6.07, 6.45) is 1.20. The minimum absolute atomic E-state index is 0.0787. The molecule has 0 unspecified atom stereocenters. The van der Waals surface area contributed by atoms with Crippen molar-refractivity contribution in [2.75, 3.05) is 6.61 Å². The molecule has 0 aromatic heterocycles. The summed E-state index contributed by atoms with van der Waals surface area (Å²) in [7, 11) is 0. The number of rotatable bonds is 6. The van der Waals surface area contributed by atoms with E-state index in [0.717, 1.165) is 0 Å². The van der Waals surface area contributed by atoms with Gasteiger partial charge in [-0.3, -0.25) is 4.79 Å². The summed E-state index contributed by atoms with van der Waals surface area (Å²) in [5, 5.41) is 75.7. The Balaban J connectivity index is 1.65. The minimum Gasteiger partial charge on any atom is -0.393 e. The Kier molecular flexibility index (Phi) is 6.90. The first kappa shape index (κ1) is 28.1. The van der Waals surface area contributed by atoms with Crippen molar-refractivity contribution in [1.29, 1.82) is 0 Å².